The normalized spacial score (nSPS) is 11.5. The van der Waals surface area contributed by atoms with Crippen molar-refractivity contribution in [3.8, 4) is 5.75 Å². The summed E-state index contributed by atoms with van der Waals surface area (Å²) in [6, 6.07) is 5.08. The Morgan fingerprint density at radius 3 is 2.89 bits per heavy atom. The van der Waals surface area contributed by atoms with E-state index in [1.165, 1.54) is 0 Å². The van der Waals surface area contributed by atoms with E-state index >= 15 is 0 Å². The van der Waals surface area contributed by atoms with E-state index in [0.29, 0.717) is 24.6 Å². The second-order valence-corrected chi connectivity index (χ2v) is 6.74. The Morgan fingerprint density at radius 2 is 2.18 bits per heavy atom. The van der Waals surface area contributed by atoms with Gasteiger partial charge in [0.15, 0.2) is 10.9 Å². The molecular weight excluding hydrogens is 499 g/mol. The number of guanidine groups is 1. The van der Waals surface area contributed by atoms with Gasteiger partial charge in [0.2, 0.25) is 0 Å². The number of imidazole rings is 1. The number of hydrogen-bond acceptors (Lipinski definition) is 4. The third-order valence-electron chi connectivity index (χ3n) is 3.76. The fraction of sp³-hybridized carbons (Fsp3) is 0.333. The summed E-state index contributed by atoms with van der Waals surface area (Å²) in [5, 5.41) is 8.33. The molecule has 0 bridgehead atoms. The Balaban J connectivity index is 0.00000280. The molecule has 0 aliphatic carbocycles. The highest BCUT2D eigenvalue weighted by atomic mass is 127. The smallest absolute Gasteiger partial charge is 0.387 e. The van der Waals surface area contributed by atoms with E-state index in [4.69, 9.17) is 0 Å². The first-order valence-corrected chi connectivity index (χ1v) is 9.40. The third kappa shape index (κ3) is 6.03. The maximum absolute atomic E-state index is 12.6. The molecule has 0 unspecified atom stereocenters. The lowest BCUT2D eigenvalue weighted by Gasteiger charge is -2.13. The molecule has 6 nitrogen and oxygen atoms in total. The highest BCUT2D eigenvalue weighted by Crippen LogP contribution is 2.23. The van der Waals surface area contributed by atoms with E-state index in [1.807, 2.05) is 36.0 Å². The minimum Gasteiger partial charge on any atom is -0.434 e. The van der Waals surface area contributed by atoms with Crippen molar-refractivity contribution in [1.82, 2.24) is 20.0 Å². The lowest BCUT2D eigenvalue weighted by atomic mass is 10.1. The van der Waals surface area contributed by atoms with Gasteiger partial charge in [-0.15, -0.1) is 35.3 Å². The second-order valence-electron chi connectivity index (χ2n) is 5.86. The minimum absolute atomic E-state index is 0. The molecule has 1 aromatic carbocycles. The number of thiazole rings is 1. The number of aryl methyl sites for hydroxylation is 1. The number of nitrogens with one attached hydrogen (secondary N) is 2. The van der Waals surface area contributed by atoms with E-state index in [-0.39, 0.29) is 36.3 Å². The summed E-state index contributed by atoms with van der Waals surface area (Å²) in [6.07, 6.45) is 3.91. The van der Waals surface area contributed by atoms with Gasteiger partial charge in [0, 0.05) is 29.9 Å². The SMILES string of the molecule is CCNC(=NCc1cc(C)ccc1OC(F)F)NCc1cn2ccsc2n1.I. The number of nitrogens with zero attached hydrogens (tertiary/aromatic N) is 3. The summed E-state index contributed by atoms with van der Waals surface area (Å²) in [7, 11) is 0. The Morgan fingerprint density at radius 1 is 1.36 bits per heavy atom. The molecule has 0 aliphatic heterocycles. The van der Waals surface area contributed by atoms with Crippen LogP contribution in [0.1, 0.15) is 23.7 Å². The van der Waals surface area contributed by atoms with Crippen molar-refractivity contribution in [1.29, 1.82) is 0 Å². The number of benzene rings is 1. The zero-order chi connectivity index (χ0) is 19.2. The number of aliphatic imine (C=N–C) groups is 1. The molecule has 3 rings (SSSR count). The number of rotatable bonds is 7. The van der Waals surface area contributed by atoms with Crippen LogP contribution in [0.25, 0.3) is 4.96 Å². The number of ether oxygens (including phenoxy) is 1. The van der Waals surface area contributed by atoms with Crippen LogP contribution >= 0.6 is 35.3 Å². The van der Waals surface area contributed by atoms with Crippen molar-refractivity contribution in [2.45, 2.75) is 33.5 Å². The quantitative estimate of drug-likeness (QED) is 0.278. The number of halogens is 3. The summed E-state index contributed by atoms with van der Waals surface area (Å²) in [5.41, 5.74) is 2.46. The predicted molar refractivity (Wildman–Crippen MR) is 118 cm³/mol. The van der Waals surface area contributed by atoms with Crippen LogP contribution in [0.2, 0.25) is 0 Å². The van der Waals surface area contributed by atoms with E-state index < -0.39 is 6.61 Å². The zero-order valence-corrected chi connectivity index (χ0v) is 18.6. The van der Waals surface area contributed by atoms with Gasteiger partial charge in [-0.1, -0.05) is 17.7 Å². The lowest BCUT2D eigenvalue weighted by Crippen LogP contribution is -2.36. The summed E-state index contributed by atoms with van der Waals surface area (Å²) in [5.74, 6) is 0.725. The van der Waals surface area contributed by atoms with Crippen molar-refractivity contribution < 1.29 is 13.5 Å². The zero-order valence-electron chi connectivity index (χ0n) is 15.5. The van der Waals surface area contributed by atoms with Crippen molar-refractivity contribution in [3.05, 3.63) is 52.8 Å². The van der Waals surface area contributed by atoms with E-state index in [2.05, 4.69) is 25.3 Å². The largest absolute Gasteiger partial charge is 0.434 e. The molecule has 152 valence electrons. The molecule has 0 amide bonds. The van der Waals surface area contributed by atoms with Gasteiger partial charge < -0.3 is 15.4 Å². The molecule has 3 aromatic rings. The molecule has 0 atom stereocenters. The van der Waals surface area contributed by atoms with Gasteiger partial charge in [0.25, 0.3) is 0 Å². The highest BCUT2D eigenvalue weighted by molar-refractivity contribution is 14.0. The van der Waals surface area contributed by atoms with Gasteiger partial charge in [0.1, 0.15) is 5.75 Å². The average Bonchev–Trinajstić information content (AvgIpc) is 3.20. The first kappa shape index (κ1) is 22.3. The molecule has 10 heteroatoms. The first-order valence-electron chi connectivity index (χ1n) is 8.52. The summed E-state index contributed by atoms with van der Waals surface area (Å²) < 4.78 is 31.8. The molecule has 28 heavy (non-hydrogen) atoms. The molecule has 2 N–H and O–H groups in total. The summed E-state index contributed by atoms with van der Waals surface area (Å²) in [4.78, 5) is 9.93. The van der Waals surface area contributed by atoms with Gasteiger partial charge in [-0.05, 0) is 19.9 Å². The molecule has 0 fully saturated rings. The summed E-state index contributed by atoms with van der Waals surface area (Å²) in [6.45, 7) is 2.40. The maximum Gasteiger partial charge on any atom is 0.387 e. The molecule has 0 radical (unpaired) electrons. The maximum atomic E-state index is 12.6. The number of aromatic nitrogens is 2. The Labute approximate surface area is 183 Å². The monoisotopic (exact) mass is 521 g/mol. The van der Waals surface area contributed by atoms with Crippen molar-refractivity contribution >= 4 is 46.2 Å². The Hall–Kier alpha value is -1.95. The van der Waals surface area contributed by atoms with Crippen molar-refractivity contribution in [3.63, 3.8) is 0 Å². The molecule has 0 saturated heterocycles. The fourth-order valence-corrected chi connectivity index (χ4v) is 3.30. The molecule has 0 spiro atoms. The van der Waals surface area contributed by atoms with Gasteiger partial charge in [0.05, 0.1) is 18.8 Å². The molecule has 2 heterocycles. The summed E-state index contributed by atoms with van der Waals surface area (Å²) >= 11 is 1.57. The van der Waals surface area contributed by atoms with Crippen molar-refractivity contribution in [2.24, 2.45) is 4.99 Å². The number of alkyl halides is 2. The molecular formula is C18H22F2IN5OS. The standard InChI is InChI=1S/C18H21F2N5OS.HI/c1-3-21-17(23-10-14-11-25-6-7-27-18(25)24-14)22-9-13-8-12(2)4-5-15(13)26-16(19)20;/h4-8,11,16H,3,9-10H2,1-2H3,(H2,21,22,23);1H. The van der Waals surface area contributed by atoms with Crippen LogP contribution in [0.3, 0.4) is 0 Å². The lowest BCUT2D eigenvalue weighted by molar-refractivity contribution is -0.0504. The van der Waals surface area contributed by atoms with Crippen LogP contribution in [0.4, 0.5) is 8.78 Å². The number of hydrogen-bond donors (Lipinski definition) is 2. The van der Waals surface area contributed by atoms with E-state index in [1.54, 1.807) is 29.5 Å². The minimum atomic E-state index is -2.86. The van der Waals surface area contributed by atoms with Crippen LogP contribution in [0.15, 0.2) is 41.0 Å². The highest BCUT2D eigenvalue weighted by Gasteiger charge is 2.10. The topological polar surface area (TPSA) is 63.0 Å². The Bertz CT molecular complexity index is 899. The fourth-order valence-electron chi connectivity index (χ4n) is 2.58. The predicted octanol–water partition coefficient (Wildman–Crippen LogP) is 4.18. The van der Waals surface area contributed by atoms with Crippen LogP contribution < -0.4 is 15.4 Å². The molecule has 2 aromatic heterocycles. The van der Waals surface area contributed by atoms with Gasteiger partial charge in [-0.25, -0.2) is 9.98 Å². The van der Waals surface area contributed by atoms with Crippen LogP contribution in [0.5, 0.6) is 5.75 Å². The van der Waals surface area contributed by atoms with Crippen LogP contribution in [-0.4, -0.2) is 28.5 Å². The van der Waals surface area contributed by atoms with Crippen LogP contribution in [-0.2, 0) is 13.1 Å². The average molecular weight is 521 g/mol. The van der Waals surface area contributed by atoms with Gasteiger partial charge in [-0.2, -0.15) is 8.78 Å². The second kappa shape index (κ2) is 10.6. The van der Waals surface area contributed by atoms with E-state index in [9.17, 15) is 8.78 Å². The van der Waals surface area contributed by atoms with Gasteiger partial charge >= 0.3 is 6.61 Å². The van der Waals surface area contributed by atoms with Crippen LogP contribution in [0, 0.1) is 6.92 Å². The Kier molecular flexibility index (Phi) is 8.42. The third-order valence-corrected chi connectivity index (χ3v) is 4.53. The van der Waals surface area contributed by atoms with E-state index in [0.717, 1.165) is 16.2 Å². The molecule has 0 aliphatic rings. The molecule has 0 saturated carbocycles. The first-order chi connectivity index (χ1) is 13.0. The van der Waals surface area contributed by atoms with Gasteiger partial charge in [-0.3, -0.25) is 4.40 Å². The number of fused-ring (bicyclic) bond motifs is 1. The van der Waals surface area contributed by atoms with Crippen molar-refractivity contribution in [2.75, 3.05) is 6.54 Å².